The average Bonchev–Trinajstić information content (AvgIpc) is 3.89. The molecule has 4 aliphatic heterocycles. The van der Waals surface area contributed by atoms with E-state index in [-0.39, 0.29) is 59.9 Å². The fourth-order valence-electron chi connectivity index (χ4n) is 9.30. The van der Waals surface area contributed by atoms with Crippen molar-refractivity contribution in [3.05, 3.63) is 107 Å². The Balaban J connectivity index is 0.770. The van der Waals surface area contributed by atoms with E-state index in [2.05, 4.69) is 21.3 Å². The lowest BCUT2D eigenvalue weighted by Gasteiger charge is -2.39. The summed E-state index contributed by atoms with van der Waals surface area (Å²) in [6.07, 6.45) is 4.51. The molecule has 336 valence electrons. The summed E-state index contributed by atoms with van der Waals surface area (Å²) in [4.78, 5) is 65.5. The highest BCUT2D eigenvalue weighted by Gasteiger charge is 2.48. The van der Waals surface area contributed by atoms with Crippen molar-refractivity contribution in [2.24, 2.45) is 5.92 Å². The smallest absolute Gasteiger partial charge is 0.255 e. The van der Waals surface area contributed by atoms with Crippen LogP contribution in [-0.4, -0.2) is 89.8 Å². The molecular formula is C48H54N6O8S2. The zero-order valence-electron chi connectivity index (χ0n) is 35.8. The van der Waals surface area contributed by atoms with E-state index in [4.69, 9.17) is 0 Å². The van der Waals surface area contributed by atoms with Gasteiger partial charge in [0.1, 0.15) is 6.04 Å². The van der Waals surface area contributed by atoms with Gasteiger partial charge in [0.15, 0.2) is 0 Å². The minimum absolute atomic E-state index is 0.0550. The molecule has 8 rings (SSSR count). The van der Waals surface area contributed by atoms with Crippen LogP contribution in [0.15, 0.2) is 94.7 Å². The molecule has 64 heavy (non-hydrogen) atoms. The van der Waals surface area contributed by atoms with Gasteiger partial charge < -0.3 is 26.0 Å². The Kier molecular flexibility index (Phi) is 13.8. The van der Waals surface area contributed by atoms with E-state index in [0.717, 1.165) is 57.0 Å². The van der Waals surface area contributed by atoms with E-state index < -0.39 is 28.0 Å². The molecule has 1 unspecified atom stereocenters. The number of hydrogen-bond acceptors (Lipinski definition) is 10. The van der Waals surface area contributed by atoms with Crippen molar-refractivity contribution < 1.29 is 37.5 Å². The number of nitrogens with zero attached hydrogens (tertiary/aromatic N) is 2. The topological polar surface area (TPSA) is 194 Å². The summed E-state index contributed by atoms with van der Waals surface area (Å²) in [6, 6.07) is 24.6. The molecule has 0 saturated carbocycles. The van der Waals surface area contributed by atoms with Crippen molar-refractivity contribution >= 4 is 62.7 Å². The lowest BCUT2D eigenvalue weighted by atomic mass is 9.82. The van der Waals surface area contributed by atoms with Crippen LogP contribution in [-0.2, 0) is 35.7 Å². The first kappa shape index (κ1) is 45.0. The van der Waals surface area contributed by atoms with Gasteiger partial charge in [-0.3, -0.25) is 29.3 Å². The summed E-state index contributed by atoms with van der Waals surface area (Å²) >= 11 is 1.65. The number of anilines is 2. The van der Waals surface area contributed by atoms with E-state index >= 15 is 0 Å². The van der Waals surface area contributed by atoms with E-state index in [9.17, 15) is 37.5 Å². The Morgan fingerprint density at radius 3 is 2.42 bits per heavy atom. The van der Waals surface area contributed by atoms with Crippen LogP contribution < -0.4 is 21.3 Å². The van der Waals surface area contributed by atoms with Crippen LogP contribution in [0.3, 0.4) is 0 Å². The monoisotopic (exact) mass is 906 g/mol. The van der Waals surface area contributed by atoms with Crippen LogP contribution in [0.25, 0.3) is 11.1 Å². The molecule has 0 aliphatic carbocycles. The first-order valence-corrected chi connectivity index (χ1v) is 24.5. The number of imide groups is 1. The summed E-state index contributed by atoms with van der Waals surface area (Å²) in [6.45, 7) is 3.04. The molecule has 0 bridgehead atoms. The number of aliphatic hydroxyl groups is 1. The number of hydrogen-bond donors (Lipinski definition) is 5. The summed E-state index contributed by atoms with van der Waals surface area (Å²) in [7, 11) is -3.80. The minimum Gasteiger partial charge on any atom is -0.394 e. The van der Waals surface area contributed by atoms with Crippen LogP contribution in [0.5, 0.6) is 0 Å². The summed E-state index contributed by atoms with van der Waals surface area (Å²) in [5, 5.41) is 22.0. The number of benzene rings is 4. The molecule has 4 heterocycles. The second kappa shape index (κ2) is 19.7. The molecule has 0 aromatic heterocycles. The molecule has 5 amide bonds. The average molecular weight is 907 g/mol. The normalized spacial score (nSPS) is 20.5. The third-order valence-corrected chi connectivity index (χ3v) is 15.8. The fraction of sp³-hybridized carbons (Fsp3) is 0.396. The van der Waals surface area contributed by atoms with Crippen LogP contribution in [0.2, 0.25) is 0 Å². The van der Waals surface area contributed by atoms with Crippen LogP contribution in [0.4, 0.5) is 11.4 Å². The van der Waals surface area contributed by atoms with Gasteiger partial charge >= 0.3 is 0 Å². The Morgan fingerprint density at radius 2 is 1.64 bits per heavy atom. The lowest BCUT2D eigenvalue weighted by molar-refractivity contribution is -0.137. The zero-order chi connectivity index (χ0) is 45.0. The molecule has 16 heteroatoms. The molecule has 4 aromatic carbocycles. The van der Waals surface area contributed by atoms with Crippen LogP contribution in [0.1, 0.15) is 90.9 Å². The van der Waals surface area contributed by atoms with Gasteiger partial charge in [-0.2, -0.15) is 4.31 Å². The molecule has 2 saturated heterocycles. The third kappa shape index (κ3) is 9.75. The van der Waals surface area contributed by atoms with E-state index in [0.29, 0.717) is 63.0 Å². The highest BCUT2D eigenvalue weighted by molar-refractivity contribution is 7.99. The quantitative estimate of drug-likeness (QED) is 0.0466. The fourth-order valence-corrected chi connectivity index (χ4v) is 12.1. The summed E-state index contributed by atoms with van der Waals surface area (Å²) < 4.78 is 29.6. The number of sulfonamides is 1. The first-order valence-electron chi connectivity index (χ1n) is 22.1. The number of nitrogens with one attached hydrogen (secondary N) is 4. The second-order valence-corrected chi connectivity index (χ2v) is 20.0. The molecule has 4 atom stereocenters. The number of piperidine rings is 1. The molecular weight excluding hydrogens is 853 g/mol. The maximum atomic E-state index is 14.0. The second-order valence-electron chi connectivity index (χ2n) is 17.0. The van der Waals surface area contributed by atoms with Crippen molar-refractivity contribution in [1.82, 2.24) is 19.8 Å². The van der Waals surface area contributed by atoms with Crippen LogP contribution >= 0.6 is 11.8 Å². The maximum Gasteiger partial charge on any atom is 0.255 e. The highest BCUT2D eigenvalue weighted by Crippen LogP contribution is 2.49. The van der Waals surface area contributed by atoms with Crippen molar-refractivity contribution in [1.29, 1.82) is 0 Å². The van der Waals surface area contributed by atoms with Gasteiger partial charge in [-0.05, 0) is 122 Å². The number of aryl methyl sites for hydroxylation is 1. The van der Waals surface area contributed by atoms with Gasteiger partial charge in [-0.1, -0.05) is 42.0 Å². The third-order valence-electron chi connectivity index (χ3n) is 12.7. The maximum absolute atomic E-state index is 14.0. The lowest BCUT2D eigenvalue weighted by Crippen LogP contribution is -2.52. The number of amides is 5. The molecule has 0 radical (unpaired) electrons. The van der Waals surface area contributed by atoms with Gasteiger partial charge in [-0.25, -0.2) is 8.42 Å². The number of unbranched alkanes of at least 4 members (excludes halogenated alkanes) is 2. The standard InChI is InChI=1S/C48H54N6O8S2/c1-30-14-17-34(18-15-30)64(61,62)54-24-22-36-40(29-55)51-39-19-16-32(27-37(39)46(36)54)31-8-6-9-33(26-31)50-44(57)13-3-2-12-43(56)49-23-4-5-25-63-42-11-7-10-35-38(42)28-53(48(35)60)41-20-21-45(58)52-47(41)59/h6-11,14-19,26-27,36,40-41,46,51,55H,2-5,12-13,20-25,28-29H2,1H3,(H,49,56)(H,50,57)(H,52,58,59)/t36-,40+,41?,46-/m1/s1. The van der Waals surface area contributed by atoms with Crippen molar-refractivity contribution in [3.63, 3.8) is 0 Å². The van der Waals surface area contributed by atoms with Gasteiger partial charge in [0.25, 0.3) is 5.91 Å². The highest BCUT2D eigenvalue weighted by atomic mass is 32.2. The van der Waals surface area contributed by atoms with E-state index in [1.165, 1.54) is 0 Å². The molecule has 2 fully saturated rings. The SMILES string of the molecule is Cc1ccc(S(=O)(=O)N2CC[C@@H]3[C@H](CO)Nc4ccc(-c5cccc(NC(=O)CCCCC(=O)NCCCCSc6cccc7c6CN(C6CCC(=O)NC6=O)C7=O)c5)cc4[C@@H]32)cc1. The van der Waals surface area contributed by atoms with Crippen molar-refractivity contribution in [2.75, 3.05) is 36.1 Å². The Morgan fingerprint density at radius 1 is 0.875 bits per heavy atom. The molecule has 4 aliphatic rings. The Bertz CT molecular complexity index is 2550. The Hall–Kier alpha value is -5.55. The molecule has 4 aromatic rings. The number of rotatable bonds is 17. The van der Waals surface area contributed by atoms with Crippen molar-refractivity contribution in [3.8, 4) is 11.1 Å². The summed E-state index contributed by atoms with van der Waals surface area (Å²) in [5.74, 6) is -0.438. The largest absolute Gasteiger partial charge is 0.394 e. The number of fused-ring (bicyclic) bond motifs is 4. The first-order chi connectivity index (χ1) is 30.9. The zero-order valence-corrected chi connectivity index (χ0v) is 37.4. The van der Waals surface area contributed by atoms with Gasteiger partial charge in [-0.15, -0.1) is 11.8 Å². The van der Waals surface area contributed by atoms with Crippen molar-refractivity contribution in [2.45, 2.75) is 99.2 Å². The Labute approximate surface area is 378 Å². The van der Waals surface area contributed by atoms with Gasteiger partial charge in [0.05, 0.1) is 23.6 Å². The minimum atomic E-state index is -3.80. The number of carbonyl (C=O) groups excluding carboxylic acids is 5. The number of carbonyl (C=O) groups is 5. The van der Waals surface area contributed by atoms with Gasteiger partial charge in [0, 0.05) is 66.6 Å². The molecule has 14 nitrogen and oxygen atoms in total. The molecule has 5 N–H and O–H groups in total. The van der Waals surface area contributed by atoms with Gasteiger partial charge in [0.2, 0.25) is 33.7 Å². The predicted octanol–water partition coefficient (Wildman–Crippen LogP) is 6.15. The molecule has 0 spiro atoms. The number of thioether (sulfide) groups is 1. The summed E-state index contributed by atoms with van der Waals surface area (Å²) in [5.41, 5.74) is 6.50. The van der Waals surface area contributed by atoms with Crippen LogP contribution in [0, 0.1) is 12.8 Å². The number of aliphatic hydroxyl groups excluding tert-OH is 1. The van der Waals surface area contributed by atoms with E-state index in [1.807, 2.05) is 61.5 Å². The predicted molar refractivity (Wildman–Crippen MR) is 245 cm³/mol. The van der Waals surface area contributed by atoms with E-state index in [1.54, 1.807) is 51.3 Å².